The molecule has 2 nitrogen and oxygen atoms in total. The van der Waals surface area contributed by atoms with Gasteiger partial charge in [-0.3, -0.25) is 0 Å². The maximum atomic E-state index is 5.53. The van der Waals surface area contributed by atoms with E-state index in [9.17, 15) is 0 Å². The topological polar surface area (TPSA) is 18.5 Å². The van der Waals surface area contributed by atoms with Crippen LogP contribution in [0, 0.1) is 11.3 Å². The predicted octanol–water partition coefficient (Wildman–Crippen LogP) is 3.17. The van der Waals surface area contributed by atoms with Gasteiger partial charge in [0.2, 0.25) is 0 Å². The summed E-state index contributed by atoms with van der Waals surface area (Å²) in [5.74, 6) is 0.448. The predicted molar refractivity (Wildman–Crippen MR) is 53.3 cm³/mol. The summed E-state index contributed by atoms with van der Waals surface area (Å²) in [6, 6.07) is 0. The van der Waals surface area contributed by atoms with Gasteiger partial charge in [0.25, 0.3) is 0 Å². The molecule has 0 bridgehead atoms. The highest BCUT2D eigenvalue weighted by Crippen LogP contribution is 2.54. The SMILES string of the molecule is CC(C)C1(C)OOC(C)(C)C1(C)C. The van der Waals surface area contributed by atoms with Crippen molar-refractivity contribution in [1.29, 1.82) is 0 Å². The zero-order chi connectivity index (χ0) is 10.5. The highest BCUT2D eigenvalue weighted by Gasteiger charge is 2.61. The summed E-state index contributed by atoms with van der Waals surface area (Å²) in [7, 11) is 0. The van der Waals surface area contributed by atoms with E-state index in [2.05, 4.69) is 48.5 Å². The molecule has 0 aromatic heterocycles. The first kappa shape index (κ1) is 11.0. The normalized spacial score (nSPS) is 36.9. The molecule has 2 heteroatoms. The minimum absolute atomic E-state index is 0.0220. The Morgan fingerprint density at radius 2 is 1.31 bits per heavy atom. The Bertz CT molecular complexity index is 203. The average molecular weight is 186 g/mol. The van der Waals surface area contributed by atoms with E-state index in [1.807, 2.05) is 0 Å². The monoisotopic (exact) mass is 186 g/mol. The molecule has 1 aliphatic heterocycles. The van der Waals surface area contributed by atoms with Crippen LogP contribution >= 0.6 is 0 Å². The molecule has 1 saturated heterocycles. The molecule has 0 aliphatic carbocycles. The summed E-state index contributed by atoms with van der Waals surface area (Å²) in [4.78, 5) is 11.0. The van der Waals surface area contributed by atoms with E-state index in [1.165, 1.54) is 0 Å². The fraction of sp³-hybridized carbons (Fsp3) is 1.00. The molecule has 1 heterocycles. The molecule has 0 radical (unpaired) electrons. The maximum Gasteiger partial charge on any atom is 0.111 e. The molecule has 1 fully saturated rings. The average Bonchev–Trinajstić information content (AvgIpc) is 2.12. The van der Waals surface area contributed by atoms with Crippen LogP contribution < -0.4 is 0 Å². The van der Waals surface area contributed by atoms with Gasteiger partial charge in [0.05, 0.1) is 0 Å². The van der Waals surface area contributed by atoms with Gasteiger partial charge in [-0.2, -0.15) is 0 Å². The molecular formula is C11H22O2. The van der Waals surface area contributed by atoms with E-state index in [1.54, 1.807) is 0 Å². The first-order chi connectivity index (χ1) is 5.65. The lowest BCUT2D eigenvalue weighted by molar-refractivity contribution is -0.347. The highest BCUT2D eigenvalue weighted by molar-refractivity contribution is 5.05. The third-order valence-corrected chi connectivity index (χ3v) is 4.27. The largest absolute Gasteiger partial charge is 0.229 e. The van der Waals surface area contributed by atoms with E-state index in [0.717, 1.165) is 0 Å². The summed E-state index contributed by atoms with van der Waals surface area (Å²) in [6.07, 6.45) is 0. The van der Waals surface area contributed by atoms with Crippen LogP contribution in [0.3, 0.4) is 0 Å². The minimum Gasteiger partial charge on any atom is -0.229 e. The summed E-state index contributed by atoms with van der Waals surface area (Å²) in [5.41, 5.74) is -0.392. The molecule has 0 aromatic carbocycles. The van der Waals surface area contributed by atoms with Gasteiger partial charge in [0, 0.05) is 5.41 Å². The van der Waals surface area contributed by atoms with Gasteiger partial charge in [-0.15, -0.1) is 0 Å². The Labute approximate surface area is 81.5 Å². The molecule has 0 N–H and O–H groups in total. The maximum absolute atomic E-state index is 5.53. The second-order valence-electron chi connectivity index (χ2n) is 5.56. The number of hydrogen-bond donors (Lipinski definition) is 0. The molecule has 1 atom stereocenters. The number of hydrogen-bond acceptors (Lipinski definition) is 2. The Morgan fingerprint density at radius 3 is 1.46 bits per heavy atom. The van der Waals surface area contributed by atoms with Crippen LogP contribution in [-0.2, 0) is 9.78 Å². The van der Waals surface area contributed by atoms with E-state index < -0.39 is 0 Å². The summed E-state index contributed by atoms with van der Waals surface area (Å²) < 4.78 is 0. The molecule has 13 heavy (non-hydrogen) atoms. The van der Waals surface area contributed by atoms with Crippen molar-refractivity contribution in [2.45, 2.75) is 59.7 Å². The highest BCUT2D eigenvalue weighted by atomic mass is 17.2. The van der Waals surface area contributed by atoms with Crippen LogP contribution in [-0.4, -0.2) is 11.2 Å². The fourth-order valence-corrected chi connectivity index (χ4v) is 1.81. The van der Waals surface area contributed by atoms with Crippen molar-refractivity contribution in [3.63, 3.8) is 0 Å². The lowest BCUT2D eigenvalue weighted by Gasteiger charge is -2.42. The Hall–Kier alpha value is -0.0800. The standard InChI is InChI=1S/C11H22O2/c1-8(2)11(7)9(3,4)10(5,6)12-13-11/h8H,1-7H3. The van der Waals surface area contributed by atoms with Gasteiger partial charge in [-0.25, -0.2) is 9.78 Å². The zero-order valence-electron chi connectivity index (χ0n) is 9.89. The van der Waals surface area contributed by atoms with Crippen molar-refractivity contribution in [1.82, 2.24) is 0 Å². The van der Waals surface area contributed by atoms with Crippen LogP contribution in [0.5, 0.6) is 0 Å². The summed E-state index contributed by atoms with van der Waals surface area (Å²) in [6.45, 7) is 15.1. The van der Waals surface area contributed by atoms with Gasteiger partial charge in [-0.1, -0.05) is 27.7 Å². The third-order valence-electron chi connectivity index (χ3n) is 4.27. The molecule has 1 rings (SSSR count). The van der Waals surface area contributed by atoms with Crippen molar-refractivity contribution in [2.75, 3.05) is 0 Å². The van der Waals surface area contributed by atoms with Gasteiger partial charge < -0.3 is 0 Å². The quantitative estimate of drug-likeness (QED) is 0.586. The molecule has 1 unspecified atom stereocenters. The molecular weight excluding hydrogens is 164 g/mol. The van der Waals surface area contributed by atoms with Crippen molar-refractivity contribution in [3.05, 3.63) is 0 Å². The van der Waals surface area contributed by atoms with Crippen LogP contribution in [0.2, 0.25) is 0 Å². The van der Waals surface area contributed by atoms with Crippen LogP contribution in [0.4, 0.5) is 0 Å². The zero-order valence-corrected chi connectivity index (χ0v) is 9.89. The third kappa shape index (κ3) is 1.23. The molecule has 78 valence electrons. The van der Waals surface area contributed by atoms with E-state index >= 15 is 0 Å². The Morgan fingerprint density at radius 1 is 0.846 bits per heavy atom. The first-order valence-corrected chi connectivity index (χ1v) is 5.02. The van der Waals surface area contributed by atoms with Crippen LogP contribution in [0.15, 0.2) is 0 Å². The molecule has 0 amide bonds. The van der Waals surface area contributed by atoms with Gasteiger partial charge >= 0.3 is 0 Å². The molecule has 0 spiro atoms. The molecule has 0 aromatic rings. The first-order valence-electron chi connectivity index (χ1n) is 5.02. The van der Waals surface area contributed by atoms with Gasteiger partial charge in [0.15, 0.2) is 0 Å². The van der Waals surface area contributed by atoms with Gasteiger partial charge in [0.1, 0.15) is 11.2 Å². The smallest absolute Gasteiger partial charge is 0.111 e. The van der Waals surface area contributed by atoms with Gasteiger partial charge in [-0.05, 0) is 26.7 Å². The van der Waals surface area contributed by atoms with E-state index in [4.69, 9.17) is 9.78 Å². The summed E-state index contributed by atoms with van der Waals surface area (Å²) >= 11 is 0. The van der Waals surface area contributed by atoms with Crippen LogP contribution in [0.1, 0.15) is 48.5 Å². The lowest BCUT2D eigenvalue weighted by atomic mass is 9.63. The summed E-state index contributed by atoms with van der Waals surface area (Å²) in [5, 5.41) is 0. The fourth-order valence-electron chi connectivity index (χ4n) is 1.81. The van der Waals surface area contributed by atoms with Crippen molar-refractivity contribution >= 4 is 0 Å². The van der Waals surface area contributed by atoms with Crippen molar-refractivity contribution in [3.8, 4) is 0 Å². The van der Waals surface area contributed by atoms with E-state index in [-0.39, 0.29) is 16.6 Å². The number of rotatable bonds is 1. The minimum atomic E-state index is -0.216. The Kier molecular flexibility index (Phi) is 2.29. The van der Waals surface area contributed by atoms with Crippen molar-refractivity contribution in [2.24, 2.45) is 11.3 Å². The van der Waals surface area contributed by atoms with E-state index in [0.29, 0.717) is 5.92 Å². The van der Waals surface area contributed by atoms with Crippen molar-refractivity contribution < 1.29 is 9.78 Å². The van der Waals surface area contributed by atoms with Crippen LogP contribution in [0.25, 0.3) is 0 Å². The Balaban J connectivity index is 3.07. The second-order valence-corrected chi connectivity index (χ2v) is 5.56. The molecule has 1 aliphatic rings. The lowest BCUT2D eigenvalue weighted by Crippen LogP contribution is -2.50. The second kappa shape index (κ2) is 2.71. The molecule has 0 saturated carbocycles.